The van der Waals surface area contributed by atoms with Crippen LogP contribution in [-0.2, 0) is 13.0 Å². The Hall–Kier alpha value is -0.940. The average Bonchev–Trinajstić information content (AvgIpc) is 2.41. The van der Waals surface area contributed by atoms with Crippen LogP contribution in [0.3, 0.4) is 0 Å². The molecule has 0 amide bonds. The quantitative estimate of drug-likeness (QED) is 0.543. The number of hydrogen-bond donors (Lipinski definition) is 4. The molecule has 0 aromatic heterocycles. The van der Waals surface area contributed by atoms with E-state index >= 15 is 0 Å². The van der Waals surface area contributed by atoms with Gasteiger partial charge in [-0.05, 0) is 17.5 Å². The monoisotopic (exact) mass is 239 g/mol. The minimum Gasteiger partial charge on any atom is -0.394 e. The van der Waals surface area contributed by atoms with Crippen LogP contribution in [0.1, 0.15) is 18.1 Å². The second kappa shape index (κ2) is 6.71. The lowest BCUT2D eigenvalue weighted by Gasteiger charge is -2.28. The summed E-state index contributed by atoms with van der Waals surface area (Å²) in [6.45, 7) is 1.71. The van der Waals surface area contributed by atoms with Crippen molar-refractivity contribution in [3.8, 4) is 0 Å². The lowest BCUT2D eigenvalue weighted by Crippen LogP contribution is -2.54. The number of aliphatic hydroxyl groups is 3. The molecule has 0 unspecified atom stereocenters. The molecule has 0 saturated heterocycles. The van der Waals surface area contributed by atoms with Gasteiger partial charge < -0.3 is 20.6 Å². The van der Waals surface area contributed by atoms with Crippen molar-refractivity contribution in [1.82, 2.24) is 5.32 Å². The van der Waals surface area contributed by atoms with Gasteiger partial charge >= 0.3 is 0 Å². The molecule has 0 atom stereocenters. The number of hydrogen-bond acceptors (Lipinski definition) is 4. The second-order valence-corrected chi connectivity index (χ2v) is 4.28. The Morgan fingerprint density at radius 3 is 1.82 bits per heavy atom. The Kier molecular flexibility index (Phi) is 5.58. The van der Waals surface area contributed by atoms with E-state index in [-0.39, 0.29) is 19.8 Å². The zero-order valence-corrected chi connectivity index (χ0v) is 10.2. The molecule has 4 N–H and O–H groups in total. The van der Waals surface area contributed by atoms with E-state index in [1.54, 1.807) is 0 Å². The van der Waals surface area contributed by atoms with Crippen LogP contribution in [0.4, 0.5) is 0 Å². The topological polar surface area (TPSA) is 72.7 Å². The van der Waals surface area contributed by atoms with Gasteiger partial charge in [-0.1, -0.05) is 31.2 Å². The lowest BCUT2D eigenvalue weighted by molar-refractivity contribution is 0.0414. The molecule has 0 saturated carbocycles. The summed E-state index contributed by atoms with van der Waals surface area (Å²) >= 11 is 0. The predicted molar refractivity (Wildman–Crippen MR) is 66.6 cm³/mol. The molecular weight excluding hydrogens is 218 g/mol. The van der Waals surface area contributed by atoms with Crippen molar-refractivity contribution in [2.75, 3.05) is 19.8 Å². The molecule has 0 aliphatic heterocycles. The third-order valence-corrected chi connectivity index (χ3v) is 3.01. The van der Waals surface area contributed by atoms with Gasteiger partial charge in [-0.3, -0.25) is 0 Å². The van der Waals surface area contributed by atoms with Gasteiger partial charge in [0.1, 0.15) is 0 Å². The van der Waals surface area contributed by atoms with E-state index in [1.165, 1.54) is 5.56 Å². The largest absolute Gasteiger partial charge is 0.394 e. The van der Waals surface area contributed by atoms with E-state index in [2.05, 4.69) is 24.4 Å². The number of benzene rings is 1. The summed E-state index contributed by atoms with van der Waals surface area (Å²) in [5.41, 5.74) is 1.32. The molecule has 0 fully saturated rings. The van der Waals surface area contributed by atoms with Gasteiger partial charge in [0.25, 0.3) is 0 Å². The molecule has 0 bridgehead atoms. The average molecular weight is 239 g/mol. The first kappa shape index (κ1) is 14.1. The molecule has 96 valence electrons. The maximum Gasteiger partial charge on any atom is 0.0884 e. The van der Waals surface area contributed by atoms with Crippen molar-refractivity contribution in [1.29, 1.82) is 0 Å². The molecule has 0 radical (unpaired) electrons. The van der Waals surface area contributed by atoms with Gasteiger partial charge in [-0.2, -0.15) is 0 Å². The first-order chi connectivity index (χ1) is 8.19. The molecule has 1 aromatic rings. The Balaban J connectivity index is 2.59. The molecule has 0 heterocycles. The highest BCUT2D eigenvalue weighted by Gasteiger charge is 2.26. The summed E-state index contributed by atoms with van der Waals surface area (Å²) in [6, 6.07) is 8.11. The van der Waals surface area contributed by atoms with Crippen LogP contribution < -0.4 is 5.32 Å². The maximum absolute atomic E-state index is 9.15. The van der Waals surface area contributed by atoms with E-state index in [4.69, 9.17) is 15.3 Å². The van der Waals surface area contributed by atoms with E-state index in [0.717, 1.165) is 12.0 Å². The van der Waals surface area contributed by atoms with Gasteiger partial charge in [0, 0.05) is 6.54 Å². The third kappa shape index (κ3) is 3.78. The highest BCUT2D eigenvalue weighted by molar-refractivity contribution is 5.22. The van der Waals surface area contributed by atoms with Crippen LogP contribution in [0.5, 0.6) is 0 Å². The van der Waals surface area contributed by atoms with Gasteiger partial charge in [-0.25, -0.2) is 0 Å². The Labute approximate surface area is 102 Å². The Bertz CT molecular complexity index is 312. The van der Waals surface area contributed by atoms with Crippen molar-refractivity contribution >= 4 is 0 Å². The van der Waals surface area contributed by atoms with E-state index in [1.807, 2.05) is 12.1 Å². The number of aliphatic hydroxyl groups excluding tert-OH is 3. The van der Waals surface area contributed by atoms with Gasteiger partial charge in [0.05, 0.1) is 25.4 Å². The molecule has 0 aliphatic rings. The number of nitrogens with one attached hydrogen (secondary N) is 1. The van der Waals surface area contributed by atoms with Crippen LogP contribution in [-0.4, -0.2) is 40.7 Å². The van der Waals surface area contributed by atoms with Crippen molar-refractivity contribution in [2.45, 2.75) is 25.4 Å². The van der Waals surface area contributed by atoms with E-state index in [9.17, 15) is 0 Å². The summed E-state index contributed by atoms with van der Waals surface area (Å²) < 4.78 is 0. The van der Waals surface area contributed by atoms with Crippen LogP contribution in [0.25, 0.3) is 0 Å². The summed E-state index contributed by atoms with van der Waals surface area (Å²) in [7, 11) is 0. The van der Waals surface area contributed by atoms with Crippen LogP contribution in [0.15, 0.2) is 24.3 Å². The summed E-state index contributed by atoms with van der Waals surface area (Å²) in [4.78, 5) is 0. The fraction of sp³-hybridized carbons (Fsp3) is 0.538. The van der Waals surface area contributed by atoms with Crippen LogP contribution in [0.2, 0.25) is 0 Å². The molecule has 1 aromatic carbocycles. The van der Waals surface area contributed by atoms with Gasteiger partial charge in [0.15, 0.2) is 0 Å². The summed E-state index contributed by atoms with van der Waals surface area (Å²) in [5.74, 6) is 0. The second-order valence-electron chi connectivity index (χ2n) is 4.28. The fourth-order valence-electron chi connectivity index (χ4n) is 1.50. The minimum atomic E-state index is -1.01. The minimum absolute atomic E-state index is 0.299. The standard InChI is InChI=1S/C13H21NO3/c1-2-11-3-5-12(6-4-11)7-14-13(8-15,9-16)10-17/h3-6,14-17H,2,7-10H2,1H3. The van der Waals surface area contributed by atoms with Crippen molar-refractivity contribution in [3.63, 3.8) is 0 Å². The fourth-order valence-corrected chi connectivity index (χ4v) is 1.50. The lowest BCUT2D eigenvalue weighted by atomic mass is 10.0. The molecule has 4 nitrogen and oxygen atoms in total. The molecule has 0 aliphatic carbocycles. The van der Waals surface area contributed by atoms with Gasteiger partial charge in [0.2, 0.25) is 0 Å². The highest BCUT2D eigenvalue weighted by atomic mass is 16.3. The molecule has 0 spiro atoms. The first-order valence-corrected chi connectivity index (χ1v) is 5.85. The smallest absolute Gasteiger partial charge is 0.0884 e. The third-order valence-electron chi connectivity index (χ3n) is 3.01. The first-order valence-electron chi connectivity index (χ1n) is 5.85. The molecular formula is C13H21NO3. The number of rotatable bonds is 7. The van der Waals surface area contributed by atoms with Crippen molar-refractivity contribution in [3.05, 3.63) is 35.4 Å². The normalized spacial score (nSPS) is 11.8. The Morgan fingerprint density at radius 1 is 0.941 bits per heavy atom. The highest BCUT2D eigenvalue weighted by Crippen LogP contribution is 2.08. The van der Waals surface area contributed by atoms with Crippen LogP contribution >= 0.6 is 0 Å². The van der Waals surface area contributed by atoms with Crippen molar-refractivity contribution < 1.29 is 15.3 Å². The maximum atomic E-state index is 9.15. The Morgan fingerprint density at radius 2 is 1.41 bits per heavy atom. The predicted octanol–water partition coefficient (Wildman–Crippen LogP) is 0.0543. The van der Waals surface area contributed by atoms with Crippen LogP contribution in [0, 0.1) is 0 Å². The van der Waals surface area contributed by atoms with E-state index < -0.39 is 5.54 Å². The summed E-state index contributed by atoms with van der Waals surface area (Å²) in [6.07, 6.45) is 1.00. The van der Waals surface area contributed by atoms with E-state index in [0.29, 0.717) is 6.54 Å². The zero-order valence-electron chi connectivity index (χ0n) is 10.2. The zero-order chi connectivity index (χ0) is 12.7. The number of aryl methyl sites for hydroxylation is 1. The molecule has 17 heavy (non-hydrogen) atoms. The summed E-state index contributed by atoms with van der Waals surface area (Å²) in [5, 5.41) is 30.4. The molecule has 1 rings (SSSR count). The molecule has 4 heteroatoms. The SMILES string of the molecule is CCc1ccc(CNC(CO)(CO)CO)cc1. The van der Waals surface area contributed by atoms with Crippen molar-refractivity contribution in [2.24, 2.45) is 0 Å². The van der Waals surface area contributed by atoms with Gasteiger partial charge in [-0.15, -0.1) is 0 Å².